The van der Waals surface area contributed by atoms with Crippen molar-refractivity contribution < 1.29 is 14.0 Å². The second-order valence-electron chi connectivity index (χ2n) is 11.5. The summed E-state index contributed by atoms with van der Waals surface area (Å²) in [6, 6.07) is 4.06. The summed E-state index contributed by atoms with van der Waals surface area (Å²) in [6.07, 6.45) is 12.1. The molecule has 2 unspecified atom stereocenters. The van der Waals surface area contributed by atoms with Gasteiger partial charge in [-0.25, -0.2) is 0 Å². The van der Waals surface area contributed by atoms with Crippen LogP contribution in [0.1, 0.15) is 72.0 Å². The summed E-state index contributed by atoms with van der Waals surface area (Å²) in [4.78, 5) is 25.4. The third kappa shape index (κ3) is 3.10. The van der Waals surface area contributed by atoms with E-state index in [1.54, 1.807) is 12.3 Å². The van der Waals surface area contributed by atoms with Crippen LogP contribution in [0, 0.1) is 34.5 Å². The lowest BCUT2D eigenvalue weighted by Crippen LogP contribution is -2.59. The van der Waals surface area contributed by atoms with E-state index in [2.05, 4.69) is 30.6 Å². The molecule has 3 saturated carbocycles. The molecule has 7 atom stereocenters. The van der Waals surface area contributed by atoms with Crippen molar-refractivity contribution in [1.82, 2.24) is 10.6 Å². The summed E-state index contributed by atoms with van der Waals surface area (Å²) in [7, 11) is 0. The number of amides is 2. The summed E-state index contributed by atoms with van der Waals surface area (Å²) in [5.41, 5.74) is -0.419. The Morgan fingerprint density at radius 3 is 2.71 bits per heavy atom. The van der Waals surface area contributed by atoms with E-state index in [0.717, 1.165) is 44.3 Å². The summed E-state index contributed by atoms with van der Waals surface area (Å²) < 4.78 is 5.58. The van der Waals surface area contributed by atoms with Crippen LogP contribution in [0.15, 0.2) is 35.0 Å². The van der Waals surface area contributed by atoms with E-state index in [0.29, 0.717) is 17.8 Å². The number of carbonyl (C=O) groups excluding carboxylic acids is 2. The van der Waals surface area contributed by atoms with Gasteiger partial charge in [0.15, 0.2) is 0 Å². The van der Waals surface area contributed by atoms with Crippen LogP contribution >= 0.6 is 0 Å². The van der Waals surface area contributed by atoms with Gasteiger partial charge in [0, 0.05) is 17.4 Å². The number of carbonyl (C=O) groups is 2. The van der Waals surface area contributed by atoms with Crippen molar-refractivity contribution in [1.29, 1.82) is 0 Å². The SMILES string of the molecule is CC(C)(NC(=O)C1CC[C@H]2[C@@H]3CCC4NC(=O)C=C[C@]4(C)[C@@H]3CC[C@]12C)c1ccco1. The Morgan fingerprint density at radius 1 is 1.16 bits per heavy atom. The molecule has 0 spiro atoms. The van der Waals surface area contributed by atoms with E-state index in [-0.39, 0.29) is 34.6 Å². The average Bonchev–Trinajstić information content (AvgIpc) is 3.36. The molecule has 2 heterocycles. The van der Waals surface area contributed by atoms with Gasteiger partial charge in [0.2, 0.25) is 11.8 Å². The lowest BCUT2D eigenvalue weighted by atomic mass is 9.48. The highest BCUT2D eigenvalue weighted by molar-refractivity contribution is 5.89. The molecular weight excluding hydrogens is 388 g/mol. The van der Waals surface area contributed by atoms with E-state index in [1.807, 2.05) is 26.0 Å². The van der Waals surface area contributed by atoms with Crippen molar-refractivity contribution in [2.75, 3.05) is 0 Å². The molecule has 0 aromatic carbocycles. The van der Waals surface area contributed by atoms with Gasteiger partial charge in [-0.1, -0.05) is 19.9 Å². The van der Waals surface area contributed by atoms with Gasteiger partial charge in [0.05, 0.1) is 11.8 Å². The predicted molar refractivity (Wildman–Crippen MR) is 119 cm³/mol. The molecule has 2 N–H and O–H groups in total. The average molecular weight is 425 g/mol. The van der Waals surface area contributed by atoms with Crippen molar-refractivity contribution in [2.24, 2.45) is 34.5 Å². The Hall–Kier alpha value is -2.04. The lowest BCUT2D eigenvalue weighted by molar-refractivity contribution is -0.135. The highest BCUT2D eigenvalue weighted by atomic mass is 16.3. The molecule has 1 aromatic rings. The van der Waals surface area contributed by atoms with Gasteiger partial charge in [-0.05, 0) is 93.7 Å². The van der Waals surface area contributed by atoms with Crippen molar-refractivity contribution in [3.8, 4) is 0 Å². The summed E-state index contributed by atoms with van der Waals surface area (Å²) >= 11 is 0. The predicted octanol–water partition coefficient (Wildman–Crippen LogP) is 4.54. The fourth-order valence-electron chi connectivity index (χ4n) is 7.86. The third-order valence-corrected chi connectivity index (χ3v) is 9.58. The van der Waals surface area contributed by atoms with Gasteiger partial charge >= 0.3 is 0 Å². The molecule has 4 aliphatic rings. The van der Waals surface area contributed by atoms with Gasteiger partial charge in [0.1, 0.15) is 5.76 Å². The molecule has 1 aliphatic heterocycles. The van der Waals surface area contributed by atoms with E-state index >= 15 is 0 Å². The van der Waals surface area contributed by atoms with Gasteiger partial charge < -0.3 is 15.1 Å². The zero-order valence-corrected chi connectivity index (χ0v) is 19.2. The summed E-state index contributed by atoms with van der Waals surface area (Å²) in [5, 5.41) is 6.53. The largest absolute Gasteiger partial charge is 0.467 e. The number of rotatable bonds is 3. The maximum Gasteiger partial charge on any atom is 0.243 e. The molecule has 5 rings (SSSR count). The third-order valence-electron chi connectivity index (χ3n) is 9.58. The van der Waals surface area contributed by atoms with Crippen LogP contribution in [0.2, 0.25) is 0 Å². The Bertz CT molecular complexity index is 904. The van der Waals surface area contributed by atoms with Gasteiger partial charge in [0.25, 0.3) is 0 Å². The Balaban J connectivity index is 1.36. The number of hydrogen-bond donors (Lipinski definition) is 2. The lowest BCUT2D eigenvalue weighted by Gasteiger charge is -2.58. The van der Waals surface area contributed by atoms with Crippen LogP contribution in [-0.2, 0) is 15.1 Å². The smallest absolute Gasteiger partial charge is 0.243 e. The Kier molecular flexibility index (Phi) is 4.69. The molecule has 3 fully saturated rings. The molecule has 0 saturated heterocycles. The van der Waals surface area contributed by atoms with Crippen LogP contribution in [0.4, 0.5) is 0 Å². The first-order chi connectivity index (χ1) is 14.6. The monoisotopic (exact) mass is 424 g/mol. The van der Waals surface area contributed by atoms with E-state index in [9.17, 15) is 9.59 Å². The molecule has 0 bridgehead atoms. The molecule has 5 nitrogen and oxygen atoms in total. The molecule has 2 amide bonds. The second-order valence-corrected chi connectivity index (χ2v) is 11.5. The maximum atomic E-state index is 13.5. The first kappa shape index (κ1) is 20.8. The molecule has 1 aromatic heterocycles. The summed E-state index contributed by atoms with van der Waals surface area (Å²) in [6.45, 7) is 8.75. The number of fused-ring (bicyclic) bond motifs is 5. The number of nitrogens with one attached hydrogen (secondary N) is 2. The van der Waals surface area contributed by atoms with Crippen LogP contribution in [0.3, 0.4) is 0 Å². The molecular formula is C26H36N2O3. The maximum absolute atomic E-state index is 13.5. The van der Waals surface area contributed by atoms with E-state index in [4.69, 9.17) is 4.42 Å². The zero-order valence-electron chi connectivity index (χ0n) is 19.2. The van der Waals surface area contributed by atoms with Crippen LogP contribution < -0.4 is 10.6 Å². The topological polar surface area (TPSA) is 71.3 Å². The molecule has 168 valence electrons. The molecule has 3 aliphatic carbocycles. The number of furan rings is 1. The van der Waals surface area contributed by atoms with Crippen LogP contribution in [0.5, 0.6) is 0 Å². The van der Waals surface area contributed by atoms with Gasteiger partial charge in [-0.3, -0.25) is 9.59 Å². The molecule has 5 heteroatoms. The Morgan fingerprint density at radius 2 is 1.97 bits per heavy atom. The summed E-state index contributed by atoms with van der Waals surface area (Å²) in [5.74, 6) is 2.88. The van der Waals surface area contributed by atoms with Gasteiger partial charge in [-0.15, -0.1) is 0 Å². The Labute approximate surface area is 185 Å². The normalized spacial score (nSPS) is 41.7. The molecule has 31 heavy (non-hydrogen) atoms. The van der Waals surface area contributed by atoms with Gasteiger partial charge in [-0.2, -0.15) is 0 Å². The fraction of sp³-hybridized carbons (Fsp3) is 0.692. The van der Waals surface area contributed by atoms with Crippen LogP contribution in [0.25, 0.3) is 0 Å². The van der Waals surface area contributed by atoms with E-state index in [1.165, 1.54) is 0 Å². The standard InChI is InChI=1S/C26H36N2O3/c1-24(2,21-6-5-15-31-21)28-23(30)19-9-8-17-16-7-10-20-26(4,14-12-22(29)27-20)18(16)11-13-25(17,19)3/h5-6,12,14-20H,7-11,13H2,1-4H3,(H,27,29)(H,28,30)/t16-,17-,18+,19?,20?,25-,26+/m0/s1. The zero-order chi connectivity index (χ0) is 22.0. The van der Waals surface area contributed by atoms with Crippen molar-refractivity contribution in [2.45, 2.75) is 77.8 Å². The highest BCUT2D eigenvalue weighted by Crippen LogP contribution is 2.65. The fourth-order valence-corrected chi connectivity index (χ4v) is 7.86. The minimum Gasteiger partial charge on any atom is -0.467 e. The van der Waals surface area contributed by atoms with Crippen molar-refractivity contribution in [3.05, 3.63) is 36.3 Å². The van der Waals surface area contributed by atoms with Crippen molar-refractivity contribution >= 4 is 11.8 Å². The minimum absolute atomic E-state index is 0.0414. The van der Waals surface area contributed by atoms with Crippen LogP contribution in [-0.4, -0.2) is 17.9 Å². The second kappa shape index (κ2) is 6.98. The molecule has 0 radical (unpaired) electrons. The first-order valence-electron chi connectivity index (χ1n) is 12.0. The highest BCUT2D eigenvalue weighted by Gasteiger charge is 2.61. The number of hydrogen-bond acceptors (Lipinski definition) is 3. The first-order valence-corrected chi connectivity index (χ1v) is 12.0. The minimum atomic E-state index is -0.511. The quantitative estimate of drug-likeness (QED) is 0.748. The van der Waals surface area contributed by atoms with E-state index < -0.39 is 5.54 Å². The van der Waals surface area contributed by atoms with Crippen molar-refractivity contribution in [3.63, 3.8) is 0 Å².